The number of anilines is 1. The number of nitrogens with two attached hydrogens (primary N) is 1. The van der Waals surface area contributed by atoms with Crippen LogP contribution >= 0.6 is 0 Å². The van der Waals surface area contributed by atoms with Crippen LogP contribution in [0.3, 0.4) is 0 Å². The zero-order valence-corrected chi connectivity index (χ0v) is 11.4. The van der Waals surface area contributed by atoms with E-state index in [1.54, 1.807) is 18.2 Å². The molecule has 20 heavy (non-hydrogen) atoms. The number of aromatic nitrogens is 1. The van der Waals surface area contributed by atoms with Crippen LogP contribution < -0.4 is 10.5 Å². The molecule has 1 heterocycles. The van der Waals surface area contributed by atoms with Gasteiger partial charge in [-0.3, -0.25) is 4.98 Å². The molecule has 0 fully saturated rings. The highest BCUT2D eigenvalue weighted by atomic mass is 16.5. The fraction of sp³-hybridized carbons (Fsp3) is 0.200. The minimum atomic E-state index is -0.427. The Morgan fingerprint density at radius 3 is 2.80 bits per heavy atom. The van der Waals surface area contributed by atoms with Gasteiger partial charge in [0.05, 0.1) is 24.1 Å². The number of rotatable bonds is 4. The summed E-state index contributed by atoms with van der Waals surface area (Å²) in [7, 11) is 1.33. The number of hydrogen-bond acceptors (Lipinski definition) is 5. The Balaban J connectivity index is 2.14. The van der Waals surface area contributed by atoms with Crippen LogP contribution in [-0.4, -0.2) is 18.1 Å². The van der Waals surface area contributed by atoms with Crippen LogP contribution in [0.1, 0.15) is 21.7 Å². The topological polar surface area (TPSA) is 74.4 Å². The second-order valence-electron chi connectivity index (χ2n) is 4.30. The van der Waals surface area contributed by atoms with Crippen LogP contribution in [-0.2, 0) is 11.3 Å². The maximum Gasteiger partial charge on any atom is 0.337 e. The van der Waals surface area contributed by atoms with Crippen molar-refractivity contribution in [2.24, 2.45) is 0 Å². The van der Waals surface area contributed by atoms with Gasteiger partial charge in [-0.1, -0.05) is 6.07 Å². The van der Waals surface area contributed by atoms with Gasteiger partial charge in [0.2, 0.25) is 0 Å². The molecule has 0 unspecified atom stereocenters. The van der Waals surface area contributed by atoms with Crippen LogP contribution in [0.4, 0.5) is 5.69 Å². The molecule has 0 saturated carbocycles. The number of nitrogens with zero attached hydrogens (tertiary/aromatic N) is 1. The van der Waals surface area contributed by atoms with E-state index in [0.29, 0.717) is 17.0 Å². The normalized spacial score (nSPS) is 10.1. The summed E-state index contributed by atoms with van der Waals surface area (Å²) in [6, 6.07) is 10.5. The first-order chi connectivity index (χ1) is 9.60. The SMILES string of the molecule is COC(=O)c1ccc(N)c(OCc2cccc(C)n2)c1. The van der Waals surface area contributed by atoms with Gasteiger partial charge < -0.3 is 15.2 Å². The zero-order valence-electron chi connectivity index (χ0n) is 11.4. The number of ether oxygens (including phenoxy) is 2. The van der Waals surface area contributed by atoms with E-state index in [-0.39, 0.29) is 6.61 Å². The van der Waals surface area contributed by atoms with Crippen LogP contribution in [0.5, 0.6) is 5.75 Å². The van der Waals surface area contributed by atoms with E-state index in [1.165, 1.54) is 7.11 Å². The van der Waals surface area contributed by atoms with Crippen molar-refractivity contribution < 1.29 is 14.3 Å². The van der Waals surface area contributed by atoms with Gasteiger partial charge in [0, 0.05) is 5.69 Å². The quantitative estimate of drug-likeness (QED) is 0.683. The van der Waals surface area contributed by atoms with Gasteiger partial charge in [-0.2, -0.15) is 0 Å². The number of nitrogen functional groups attached to an aromatic ring is 1. The fourth-order valence-electron chi connectivity index (χ4n) is 1.74. The minimum absolute atomic E-state index is 0.288. The summed E-state index contributed by atoms with van der Waals surface area (Å²) in [5.74, 6) is 0.0136. The van der Waals surface area contributed by atoms with Crippen molar-refractivity contribution in [1.29, 1.82) is 0 Å². The maximum atomic E-state index is 11.5. The molecule has 0 aliphatic heterocycles. The first-order valence-electron chi connectivity index (χ1n) is 6.13. The van der Waals surface area contributed by atoms with Gasteiger partial charge in [0.25, 0.3) is 0 Å². The Bertz CT molecular complexity index is 626. The summed E-state index contributed by atoms with van der Waals surface area (Å²) >= 11 is 0. The van der Waals surface area contributed by atoms with Gasteiger partial charge >= 0.3 is 5.97 Å². The summed E-state index contributed by atoms with van der Waals surface area (Å²) in [6.07, 6.45) is 0. The average Bonchev–Trinajstić information content (AvgIpc) is 2.45. The van der Waals surface area contributed by atoms with Crippen molar-refractivity contribution in [1.82, 2.24) is 4.98 Å². The Kier molecular flexibility index (Phi) is 4.20. The van der Waals surface area contributed by atoms with Crippen LogP contribution in [0, 0.1) is 6.92 Å². The van der Waals surface area contributed by atoms with Crippen LogP contribution in [0.15, 0.2) is 36.4 Å². The third kappa shape index (κ3) is 3.26. The second-order valence-corrected chi connectivity index (χ2v) is 4.30. The average molecular weight is 272 g/mol. The predicted molar refractivity (Wildman–Crippen MR) is 75.5 cm³/mol. The van der Waals surface area contributed by atoms with E-state index in [1.807, 2.05) is 25.1 Å². The van der Waals surface area contributed by atoms with Crippen LogP contribution in [0.2, 0.25) is 0 Å². The Hall–Kier alpha value is -2.56. The fourth-order valence-corrected chi connectivity index (χ4v) is 1.74. The molecule has 104 valence electrons. The number of pyridine rings is 1. The Labute approximate surface area is 117 Å². The molecule has 0 aliphatic carbocycles. The number of carbonyl (C=O) groups excluding carboxylic acids is 1. The first kappa shape index (κ1) is 13.9. The third-order valence-corrected chi connectivity index (χ3v) is 2.76. The molecule has 0 radical (unpaired) electrons. The summed E-state index contributed by atoms with van der Waals surface area (Å²) < 4.78 is 10.3. The van der Waals surface area contributed by atoms with Gasteiger partial charge in [0.15, 0.2) is 0 Å². The predicted octanol–water partition coefficient (Wildman–Crippen LogP) is 2.34. The largest absolute Gasteiger partial charge is 0.485 e. The number of methoxy groups -OCH3 is 1. The Morgan fingerprint density at radius 1 is 1.30 bits per heavy atom. The van der Waals surface area contributed by atoms with E-state index in [4.69, 9.17) is 10.5 Å². The molecule has 1 aromatic heterocycles. The second kappa shape index (κ2) is 6.06. The third-order valence-electron chi connectivity index (χ3n) is 2.76. The summed E-state index contributed by atoms with van der Waals surface area (Å²) in [5.41, 5.74) is 8.41. The van der Waals surface area contributed by atoms with Crippen molar-refractivity contribution in [3.8, 4) is 5.75 Å². The van der Waals surface area contributed by atoms with Gasteiger partial charge in [-0.15, -0.1) is 0 Å². The summed E-state index contributed by atoms with van der Waals surface area (Å²) in [4.78, 5) is 15.8. The molecular formula is C15H16N2O3. The number of aryl methyl sites for hydroxylation is 1. The highest BCUT2D eigenvalue weighted by Crippen LogP contribution is 2.24. The number of carbonyl (C=O) groups is 1. The Morgan fingerprint density at radius 2 is 2.10 bits per heavy atom. The maximum absolute atomic E-state index is 11.5. The lowest BCUT2D eigenvalue weighted by Gasteiger charge is -2.10. The molecule has 2 N–H and O–H groups in total. The van der Waals surface area contributed by atoms with E-state index in [0.717, 1.165) is 11.4 Å². The van der Waals surface area contributed by atoms with Gasteiger partial charge in [-0.05, 0) is 37.3 Å². The molecule has 0 aliphatic rings. The van der Waals surface area contributed by atoms with Crippen molar-refractivity contribution in [3.05, 3.63) is 53.3 Å². The molecule has 5 nitrogen and oxygen atoms in total. The van der Waals surface area contributed by atoms with Crippen molar-refractivity contribution >= 4 is 11.7 Å². The minimum Gasteiger partial charge on any atom is -0.485 e. The molecule has 0 atom stereocenters. The molecule has 0 saturated heterocycles. The summed E-state index contributed by atoms with van der Waals surface area (Å²) in [5, 5.41) is 0. The lowest BCUT2D eigenvalue weighted by atomic mass is 10.2. The lowest BCUT2D eigenvalue weighted by Crippen LogP contribution is -2.05. The first-order valence-corrected chi connectivity index (χ1v) is 6.13. The zero-order chi connectivity index (χ0) is 14.5. The van der Waals surface area contributed by atoms with E-state index >= 15 is 0 Å². The molecule has 0 bridgehead atoms. The number of esters is 1. The van der Waals surface area contributed by atoms with Crippen molar-refractivity contribution in [3.63, 3.8) is 0 Å². The van der Waals surface area contributed by atoms with E-state index in [2.05, 4.69) is 9.72 Å². The number of benzene rings is 1. The smallest absolute Gasteiger partial charge is 0.337 e. The molecular weight excluding hydrogens is 256 g/mol. The molecule has 2 rings (SSSR count). The summed E-state index contributed by atoms with van der Waals surface area (Å²) in [6.45, 7) is 2.20. The molecule has 5 heteroatoms. The lowest BCUT2D eigenvalue weighted by molar-refractivity contribution is 0.0600. The molecule has 1 aromatic carbocycles. The molecule has 0 spiro atoms. The monoisotopic (exact) mass is 272 g/mol. The molecule has 0 amide bonds. The van der Waals surface area contributed by atoms with Crippen LogP contribution in [0.25, 0.3) is 0 Å². The molecule has 2 aromatic rings. The number of hydrogen-bond donors (Lipinski definition) is 1. The van der Waals surface area contributed by atoms with Crippen molar-refractivity contribution in [2.45, 2.75) is 13.5 Å². The van der Waals surface area contributed by atoms with E-state index < -0.39 is 5.97 Å². The van der Waals surface area contributed by atoms with Crippen molar-refractivity contribution in [2.75, 3.05) is 12.8 Å². The highest BCUT2D eigenvalue weighted by Gasteiger charge is 2.09. The highest BCUT2D eigenvalue weighted by molar-refractivity contribution is 5.90. The standard InChI is InChI=1S/C15H16N2O3/c1-10-4-3-5-12(17-10)9-20-14-8-11(15(18)19-2)6-7-13(14)16/h3-8H,9,16H2,1-2H3. The van der Waals surface area contributed by atoms with Gasteiger partial charge in [0.1, 0.15) is 12.4 Å². The van der Waals surface area contributed by atoms with E-state index in [9.17, 15) is 4.79 Å². The van der Waals surface area contributed by atoms with Gasteiger partial charge in [-0.25, -0.2) is 4.79 Å².